The molecule has 2 aromatic carbocycles. The second-order valence-corrected chi connectivity index (χ2v) is 4.63. The molecular weight excluding hydrogens is 248 g/mol. The van der Waals surface area contributed by atoms with Crippen LogP contribution < -0.4 is 4.74 Å². The van der Waals surface area contributed by atoms with Crippen LogP contribution in [0.25, 0.3) is 16.6 Å². The molecule has 0 aliphatic carbocycles. The predicted octanol–water partition coefficient (Wildman–Crippen LogP) is 3.82. The third kappa shape index (κ3) is 1.74. The Morgan fingerprint density at radius 2 is 1.85 bits per heavy atom. The van der Waals surface area contributed by atoms with E-state index in [4.69, 9.17) is 4.74 Å². The van der Waals surface area contributed by atoms with Gasteiger partial charge in [0, 0.05) is 22.8 Å². The van der Waals surface area contributed by atoms with Crippen molar-refractivity contribution in [1.82, 2.24) is 4.57 Å². The second kappa shape index (κ2) is 4.75. The summed E-state index contributed by atoms with van der Waals surface area (Å²) >= 11 is 0. The van der Waals surface area contributed by atoms with Crippen molar-refractivity contribution in [2.75, 3.05) is 7.11 Å². The van der Waals surface area contributed by atoms with Gasteiger partial charge in [-0.15, -0.1) is 0 Å². The molecule has 0 unspecified atom stereocenters. The summed E-state index contributed by atoms with van der Waals surface area (Å²) in [4.78, 5) is 0. The molecule has 3 heteroatoms. The highest BCUT2D eigenvalue weighted by molar-refractivity contribution is 5.90. The summed E-state index contributed by atoms with van der Waals surface area (Å²) in [7, 11) is 1.65. The third-order valence-electron chi connectivity index (χ3n) is 3.54. The van der Waals surface area contributed by atoms with Gasteiger partial charge in [-0.25, -0.2) is 0 Å². The van der Waals surface area contributed by atoms with Gasteiger partial charge in [-0.05, 0) is 31.2 Å². The van der Waals surface area contributed by atoms with Crippen LogP contribution in [0.15, 0.2) is 48.5 Å². The van der Waals surface area contributed by atoms with Gasteiger partial charge in [0.1, 0.15) is 11.8 Å². The van der Waals surface area contributed by atoms with Gasteiger partial charge in [0.15, 0.2) is 0 Å². The standard InChI is InChI=1S/C17H14N2O/c1-12-16(11-18)15-9-8-14(20-2)10-17(15)19(12)13-6-4-3-5-7-13/h3-10H,1-2H3. The lowest BCUT2D eigenvalue weighted by molar-refractivity contribution is 0.415. The van der Waals surface area contributed by atoms with Crippen LogP contribution in [-0.2, 0) is 0 Å². The molecule has 20 heavy (non-hydrogen) atoms. The number of hydrogen-bond acceptors (Lipinski definition) is 2. The normalized spacial score (nSPS) is 10.4. The van der Waals surface area contributed by atoms with Crippen molar-refractivity contribution in [1.29, 1.82) is 5.26 Å². The lowest BCUT2D eigenvalue weighted by Gasteiger charge is -2.08. The van der Waals surface area contributed by atoms with Crippen molar-refractivity contribution in [3.63, 3.8) is 0 Å². The van der Waals surface area contributed by atoms with Crippen LogP contribution in [-0.4, -0.2) is 11.7 Å². The number of rotatable bonds is 2. The van der Waals surface area contributed by atoms with Gasteiger partial charge in [0.25, 0.3) is 0 Å². The molecule has 3 aromatic rings. The first-order valence-corrected chi connectivity index (χ1v) is 6.41. The number of ether oxygens (including phenoxy) is 1. The minimum absolute atomic E-state index is 0.714. The number of nitrogens with zero attached hydrogens (tertiary/aromatic N) is 2. The molecule has 0 fully saturated rings. The molecule has 0 saturated carbocycles. The molecule has 3 rings (SSSR count). The lowest BCUT2D eigenvalue weighted by Crippen LogP contribution is -1.96. The van der Waals surface area contributed by atoms with Crippen molar-refractivity contribution in [2.45, 2.75) is 6.92 Å². The van der Waals surface area contributed by atoms with Gasteiger partial charge in [0.2, 0.25) is 0 Å². The fourth-order valence-electron chi connectivity index (χ4n) is 2.57. The Labute approximate surface area is 117 Å². The number of para-hydroxylation sites is 1. The van der Waals surface area contributed by atoms with E-state index in [1.807, 2.05) is 55.5 Å². The Morgan fingerprint density at radius 3 is 2.50 bits per heavy atom. The van der Waals surface area contributed by atoms with Crippen LogP contribution in [0.2, 0.25) is 0 Å². The maximum Gasteiger partial charge on any atom is 0.120 e. The summed E-state index contributed by atoms with van der Waals surface area (Å²) in [5.74, 6) is 0.789. The molecule has 0 spiro atoms. The van der Waals surface area contributed by atoms with Crippen molar-refractivity contribution in [2.24, 2.45) is 0 Å². The first-order valence-electron chi connectivity index (χ1n) is 6.41. The monoisotopic (exact) mass is 262 g/mol. The Morgan fingerprint density at radius 1 is 1.10 bits per heavy atom. The zero-order valence-corrected chi connectivity index (χ0v) is 11.4. The van der Waals surface area contributed by atoms with E-state index in [0.717, 1.165) is 28.0 Å². The van der Waals surface area contributed by atoms with E-state index in [1.165, 1.54) is 0 Å². The highest BCUT2D eigenvalue weighted by atomic mass is 16.5. The maximum atomic E-state index is 9.41. The Hall–Kier alpha value is -2.73. The van der Waals surface area contributed by atoms with Crippen LogP contribution in [0.5, 0.6) is 5.75 Å². The molecule has 0 amide bonds. The van der Waals surface area contributed by atoms with Crippen LogP contribution in [0.1, 0.15) is 11.3 Å². The molecule has 0 aliphatic heterocycles. The third-order valence-corrected chi connectivity index (χ3v) is 3.54. The molecule has 1 heterocycles. The van der Waals surface area contributed by atoms with E-state index in [2.05, 4.69) is 10.6 Å². The summed E-state index contributed by atoms with van der Waals surface area (Å²) in [6.45, 7) is 1.97. The van der Waals surface area contributed by atoms with Crippen molar-refractivity contribution < 1.29 is 4.74 Å². The van der Waals surface area contributed by atoms with E-state index in [0.29, 0.717) is 5.56 Å². The van der Waals surface area contributed by atoms with Crippen LogP contribution in [0.4, 0.5) is 0 Å². The van der Waals surface area contributed by atoms with Crippen LogP contribution in [0.3, 0.4) is 0 Å². The molecule has 1 aromatic heterocycles. The average molecular weight is 262 g/mol. The molecule has 0 atom stereocenters. The van der Waals surface area contributed by atoms with E-state index in [9.17, 15) is 5.26 Å². The van der Waals surface area contributed by atoms with Gasteiger partial charge in [-0.2, -0.15) is 5.26 Å². The minimum Gasteiger partial charge on any atom is -0.497 e. The molecular formula is C17H14N2O. The van der Waals surface area contributed by atoms with Gasteiger partial charge in [-0.1, -0.05) is 18.2 Å². The maximum absolute atomic E-state index is 9.41. The first-order chi connectivity index (χ1) is 9.76. The second-order valence-electron chi connectivity index (χ2n) is 4.63. The fourth-order valence-corrected chi connectivity index (χ4v) is 2.57. The summed E-state index contributed by atoms with van der Waals surface area (Å²) in [5, 5.41) is 10.4. The molecule has 0 N–H and O–H groups in total. The van der Waals surface area contributed by atoms with Crippen molar-refractivity contribution >= 4 is 10.9 Å². The smallest absolute Gasteiger partial charge is 0.120 e. The van der Waals surface area contributed by atoms with Crippen molar-refractivity contribution in [3.05, 3.63) is 59.8 Å². The van der Waals surface area contributed by atoms with Gasteiger partial charge in [-0.3, -0.25) is 0 Å². The minimum atomic E-state index is 0.714. The molecule has 3 nitrogen and oxygen atoms in total. The summed E-state index contributed by atoms with van der Waals surface area (Å²) < 4.78 is 7.39. The SMILES string of the molecule is COc1ccc2c(C#N)c(C)n(-c3ccccc3)c2c1. The topological polar surface area (TPSA) is 37.9 Å². The molecule has 0 radical (unpaired) electrons. The van der Waals surface area contributed by atoms with Gasteiger partial charge in [0.05, 0.1) is 18.2 Å². The Bertz CT molecular complexity index is 810. The number of nitriles is 1. The average Bonchev–Trinajstić information content (AvgIpc) is 2.78. The lowest BCUT2D eigenvalue weighted by atomic mass is 10.1. The zero-order valence-electron chi connectivity index (χ0n) is 11.4. The van der Waals surface area contributed by atoms with E-state index in [-0.39, 0.29) is 0 Å². The predicted molar refractivity (Wildman–Crippen MR) is 79.3 cm³/mol. The molecule has 98 valence electrons. The van der Waals surface area contributed by atoms with Crippen molar-refractivity contribution in [3.8, 4) is 17.5 Å². The molecule has 0 saturated heterocycles. The summed E-state index contributed by atoms with van der Waals surface area (Å²) in [6, 6.07) is 18.1. The first kappa shape index (κ1) is 12.3. The largest absolute Gasteiger partial charge is 0.497 e. The number of hydrogen-bond donors (Lipinski definition) is 0. The van der Waals surface area contributed by atoms with E-state index >= 15 is 0 Å². The fraction of sp³-hybridized carbons (Fsp3) is 0.118. The van der Waals surface area contributed by atoms with Crippen LogP contribution >= 0.6 is 0 Å². The highest BCUT2D eigenvalue weighted by Gasteiger charge is 2.15. The zero-order chi connectivity index (χ0) is 14.1. The number of methoxy groups -OCH3 is 1. The van der Waals surface area contributed by atoms with E-state index < -0.39 is 0 Å². The number of aromatic nitrogens is 1. The number of fused-ring (bicyclic) bond motifs is 1. The molecule has 0 bridgehead atoms. The van der Waals surface area contributed by atoms with Gasteiger partial charge < -0.3 is 9.30 Å². The van der Waals surface area contributed by atoms with E-state index in [1.54, 1.807) is 7.11 Å². The summed E-state index contributed by atoms with van der Waals surface area (Å²) in [6.07, 6.45) is 0. The quantitative estimate of drug-likeness (QED) is 0.704. The van der Waals surface area contributed by atoms with Crippen LogP contribution in [0, 0.1) is 18.3 Å². The number of benzene rings is 2. The van der Waals surface area contributed by atoms with Gasteiger partial charge >= 0.3 is 0 Å². The highest BCUT2D eigenvalue weighted by Crippen LogP contribution is 2.31. The molecule has 0 aliphatic rings. The summed E-state index contributed by atoms with van der Waals surface area (Å²) in [5.41, 5.74) is 3.70. The Balaban J connectivity index is 2.41. The Kier molecular flexibility index (Phi) is 2.92.